The van der Waals surface area contributed by atoms with E-state index in [1.54, 1.807) is 36.0 Å². The van der Waals surface area contributed by atoms with Crippen LogP contribution in [-0.4, -0.2) is 20.4 Å². The third-order valence-electron chi connectivity index (χ3n) is 3.31. The Bertz CT molecular complexity index is 787. The van der Waals surface area contributed by atoms with Crippen LogP contribution in [0.4, 0.5) is 0 Å². The molecule has 0 amide bonds. The van der Waals surface area contributed by atoms with Gasteiger partial charge in [-0.05, 0) is 43.0 Å². The number of rotatable bonds is 6. The highest BCUT2D eigenvalue weighted by Gasteiger charge is 2.13. The molecule has 2 aromatic carbocycles. The smallest absolute Gasteiger partial charge is 0.182 e. The number of hydrogen-bond acceptors (Lipinski definition) is 3. The number of thioether (sulfide) groups is 1. The molecule has 2 rings (SSSR count). The zero-order valence-electron chi connectivity index (χ0n) is 13.3. The second-order valence-electron chi connectivity index (χ2n) is 5.22. The number of allylic oxidation sites excluding steroid dienone is 2. The molecule has 2 nitrogen and oxygen atoms in total. The first kappa shape index (κ1) is 17.6. The van der Waals surface area contributed by atoms with Crippen LogP contribution in [0, 0.1) is 0 Å². The fourth-order valence-electron chi connectivity index (χ4n) is 2.10. The van der Waals surface area contributed by atoms with Crippen LogP contribution in [0.25, 0.3) is 6.08 Å². The van der Waals surface area contributed by atoms with Crippen molar-refractivity contribution in [3.8, 4) is 0 Å². The molecule has 2 aromatic rings. The van der Waals surface area contributed by atoms with Gasteiger partial charge in [-0.2, -0.15) is 0 Å². The molecule has 0 unspecified atom stereocenters. The lowest BCUT2D eigenvalue weighted by atomic mass is 10.2. The van der Waals surface area contributed by atoms with Gasteiger partial charge in [-0.1, -0.05) is 54.1 Å². The molecule has 0 aliphatic carbocycles. The summed E-state index contributed by atoms with van der Waals surface area (Å²) in [6.45, 7) is 1.83. The van der Waals surface area contributed by atoms with Crippen LogP contribution in [0.15, 0.2) is 82.1 Å². The Morgan fingerprint density at radius 1 is 1.04 bits per heavy atom. The van der Waals surface area contributed by atoms with E-state index in [0.29, 0.717) is 4.90 Å². The van der Waals surface area contributed by atoms with Crippen molar-refractivity contribution in [3.63, 3.8) is 0 Å². The topological polar surface area (TPSA) is 34.1 Å². The minimum atomic E-state index is -3.27. The van der Waals surface area contributed by atoms with Crippen molar-refractivity contribution in [2.24, 2.45) is 0 Å². The van der Waals surface area contributed by atoms with Crippen molar-refractivity contribution in [1.82, 2.24) is 0 Å². The highest BCUT2D eigenvalue weighted by atomic mass is 32.2. The molecule has 0 bridgehead atoms. The van der Waals surface area contributed by atoms with Crippen molar-refractivity contribution in [2.45, 2.75) is 16.7 Å². The first-order valence-corrected chi connectivity index (χ1v) is 10.1. The average Bonchev–Trinajstić information content (AvgIpc) is 2.56. The molecule has 0 saturated carbocycles. The molecule has 0 fully saturated rings. The first-order valence-electron chi connectivity index (χ1n) is 7.27. The molecule has 0 spiro atoms. The average molecular weight is 345 g/mol. The van der Waals surface area contributed by atoms with Crippen LogP contribution in [0.1, 0.15) is 12.5 Å². The molecular formula is C19H20O2S2. The monoisotopic (exact) mass is 344 g/mol. The minimum Gasteiger partial charge on any atom is -0.223 e. The van der Waals surface area contributed by atoms with E-state index in [0.717, 1.165) is 11.1 Å². The van der Waals surface area contributed by atoms with Crippen molar-refractivity contribution >= 4 is 27.7 Å². The molecule has 0 atom stereocenters. The molecule has 0 N–H and O–H groups in total. The lowest BCUT2D eigenvalue weighted by Gasteiger charge is -2.04. The van der Waals surface area contributed by atoms with E-state index in [2.05, 4.69) is 12.1 Å². The summed E-state index contributed by atoms with van der Waals surface area (Å²) in [5.41, 5.74) is 1.91. The highest BCUT2D eigenvalue weighted by Crippen LogP contribution is 2.16. The minimum absolute atomic E-state index is 0.0345. The van der Waals surface area contributed by atoms with Crippen LogP contribution in [-0.2, 0) is 9.84 Å². The van der Waals surface area contributed by atoms with Gasteiger partial charge in [-0.25, -0.2) is 8.42 Å². The van der Waals surface area contributed by atoms with Crippen molar-refractivity contribution < 1.29 is 8.42 Å². The molecule has 4 heteroatoms. The largest absolute Gasteiger partial charge is 0.223 e. The summed E-state index contributed by atoms with van der Waals surface area (Å²) in [4.78, 5) is 1.59. The first-order chi connectivity index (χ1) is 11.0. The maximum Gasteiger partial charge on any atom is 0.182 e. The summed E-state index contributed by atoms with van der Waals surface area (Å²) >= 11 is 1.71. The number of hydrogen-bond donors (Lipinski definition) is 0. The Kier molecular flexibility index (Phi) is 6.25. The van der Waals surface area contributed by atoms with Crippen LogP contribution >= 0.6 is 11.8 Å². The fraction of sp³-hybridized carbons (Fsp3) is 0.158. The highest BCUT2D eigenvalue weighted by molar-refractivity contribution is 7.98. The van der Waals surface area contributed by atoms with Gasteiger partial charge in [-0.3, -0.25) is 0 Å². The van der Waals surface area contributed by atoms with E-state index in [1.165, 1.54) is 4.90 Å². The summed E-state index contributed by atoms with van der Waals surface area (Å²) in [6, 6.07) is 16.8. The van der Waals surface area contributed by atoms with Gasteiger partial charge in [0, 0.05) is 4.90 Å². The summed E-state index contributed by atoms with van der Waals surface area (Å²) in [5.74, 6) is 0.0345. The SMILES string of the molecule is CSc1ccc(C=CC=C(C)CS(=O)(=O)c2ccccc2)cc1. The summed E-state index contributed by atoms with van der Waals surface area (Å²) in [7, 11) is -3.27. The van der Waals surface area contributed by atoms with Gasteiger partial charge in [0.25, 0.3) is 0 Å². The van der Waals surface area contributed by atoms with Gasteiger partial charge in [0.05, 0.1) is 10.6 Å². The Morgan fingerprint density at radius 3 is 2.30 bits per heavy atom. The quantitative estimate of drug-likeness (QED) is 0.555. The van der Waals surface area contributed by atoms with E-state index >= 15 is 0 Å². The Labute approximate surface area is 142 Å². The fourth-order valence-corrected chi connectivity index (χ4v) is 3.94. The molecular weight excluding hydrogens is 324 g/mol. The molecule has 0 saturated heterocycles. The number of sulfone groups is 1. The zero-order valence-corrected chi connectivity index (χ0v) is 14.9. The molecule has 0 aliphatic heterocycles. The molecule has 0 aromatic heterocycles. The predicted molar refractivity (Wildman–Crippen MR) is 99.5 cm³/mol. The Hall–Kier alpha value is -1.78. The lowest BCUT2D eigenvalue weighted by Crippen LogP contribution is -2.07. The summed E-state index contributed by atoms with van der Waals surface area (Å²) in [5, 5.41) is 0. The lowest BCUT2D eigenvalue weighted by molar-refractivity contribution is 0.598. The third-order valence-corrected chi connectivity index (χ3v) is 5.87. The van der Waals surface area contributed by atoms with Gasteiger partial charge in [0.2, 0.25) is 0 Å². The van der Waals surface area contributed by atoms with Crippen molar-refractivity contribution in [2.75, 3.05) is 12.0 Å². The van der Waals surface area contributed by atoms with E-state index in [9.17, 15) is 8.42 Å². The van der Waals surface area contributed by atoms with E-state index < -0.39 is 9.84 Å². The molecule has 0 aliphatic rings. The second-order valence-corrected chi connectivity index (χ2v) is 8.09. The molecule has 23 heavy (non-hydrogen) atoms. The van der Waals surface area contributed by atoms with Gasteiger partial charge in [0.15, 0.2) is 9.84 Å². The zero-order chi connectivity index (χ0) is 16.7. The molecule has 0 heterocycles. The normalized spacial score (nSPS) is 12.7. The Balaban J connectivity index is 2.03. The maximum atomic E-state index is 12.3. The van der Waals surface area contributed by atoms with Gasteiger partial charge in [0.1, 0.15) is 0 Å². The third kappa shape index (κ3) is 5.41. The van der Waals surface area contributed by atoms with Gasteiger partial charge >= 0.3 is 0 Å². The van der Waals surface area contributed by atoms with Crippen molar-refractivity contribution in [3.05, 3.63) is 77.9 Å². The van der Waals surface area contributed by atoms with E-state index in [4.69, 9.17) is 0 Å². The molecule has 0 radical (unpaired) electrons. The standard InChI is InChI=1S/C19H20O2S2/c1-16(15-23(20,21)19-9-4-3-5-10-19)7-6-8-17-11-13-18(22-2)14-12-17/h3-14H,15H2,1-2H3. The summed E-state index contributed by atoms with van der Waals surface area (Å²) < 4.78 is 24.6. The Morgan fingerprint density at radius 2 is 1.70 bits per heavy atom. The van der Waals surface area contributed by atoms with E-state index in [-0.39, 0.29) is 5.75 Å². The second kappa shape index (κ2) is 8.18. The van der Waals surface area contributed by atoms with Crippen LogP contribution in [0.5, 0.6) is 0 Å². The number of benzene rings is 2. The van der Waals surface area contributed by atoms with Crippen molar-refractivity contribution in [1.29, 1.82) is 0 Å². The molecule has 120 valence electrons. The summed E-state index contributed by atoms with van der Waals surface area (Å²) in [6.07, 6.45) is 7.76. The van der Waals surface area contributed by atoms with Crippen LogP contribution < -0.4 is 0 Å². The van der Waals surface area contributed by atoms with Gasteiger partial charge in [-0.15, -0.1) is 11.8 Å². The van der Waals surface area contributed by atoms with Crippen LogP contribution in [0.3, 0.4) is 0 Å². The van der Waals surface area contributed by atoms with Gasteiger partial charge < -0.3 is 0 Å². The van der Waals surface area contributed by atoms with E-state index in [1.807, 2.05) is 49.6 Å². The maximum absolute atomic E-state index is 12.3. The van der Waals surface area contributed by atoms with Crippen LogP contribution in [0.2, 0.25) is 0 Å². The predicted octanol–water partition coefficient (Wildman–Crippen LogP) is 4.84.